The number of hydrogen-bond donors (Lipinski definition) is 2. The minimum absolute atomic E-state index is 0.0879. The van der Waals surface area contributed by atoms with Crippen LogP contribution in [0.5, 0.6) is 0 Å². The molecule has 4 nitrogen and oxygen atoms in total. The van der Waals surface area contributed by atoms with Gasteiger partial charge in [0.05, 0.1) is 5.69 Å². The molecule has 0 spiro atoms. The smallest absolute Gasteiger partial charge is 0.353 e. The van der Waals surface area contributed by atoms with E-state index < -0.39 is 5.97 Å². The average molecular weight is 297 g/mol. The molecule has 2 rings (SSSR count). The monoisotopic (exact) mass is 296 g/mol. The Labute approximate surface area is 108 Å². The molecule has 0 bridgehead atoms. The fraction of sp³-hybridized carbons (Fsp3) is 0.167. The number of nitrogens with zero attached hydrogens (tertiary/aromatic N) is 1. The summed E-state index contributed by atoms with van der Waals surface area (Å²) in [5, 5.41) is 15.1. The van der Waals surface area contributed by atoms with Gasteiger partial charge in [-0.3, -0.25) is 5.10 Å². The molecular weight excluding hydrogens is 284 g/mol. The van der Waals surface area contributed by atoms with Crippen LogP contribution >= 0.6 is 15.9 Å². The summed E-state index contributed by atoms with van der Waals surface area (Å²) in [6.45, 7) is 4.00. The van der Waals surface area contributed by atoms with Gasteiger partial charge in [-0.2, -0.15) is 5.10 Å². The van der Waals surface area contributed by atoms with E-state index in [0.29, 0.717) is 5.69 Å². The number of carboxylic acid groups (broad SMARTS) is 1. The molecular formula is C12H13BrN2O2. The van der Waals surface area contributed by atoms with Gasteiger partial charge in [-0.05, 0) is 18.2 Å². The Kier molecular flexibility index (Phi) is 4.90. The second-order valence-corrected chi connectivity index (χ2v) is 3.90. The molecule has 0 unspecified atom stereocenters. The minimum Gasteiger partial charge on any atom is -0.477 e. The lowest BCUT2D eigenvalue weighted by molar-refractivity contribution is 0.0690. The van der Waals surface area contributed by atoms with Gasteiger partial charge in [0.15, 0.2) is 0 Å². The van der Waals surface area contributed by atoms with Crippen molar-refractivity contribution in [3.8, 4) is 11.3 Å². The maximum atomic E-state index is 10.6. The predicted molar refractivity (Wildman–Crippen MR) is 70.0 cm³/mol. The number of carboxylic acids is 1. The number of nitrogens with one attached hydrogen (secondary N) is 1. The molecule has 1 heterocycles. The molecule has 0 aliphatic rings. The summed E-state index contributed by atoms with van der Waals surface area (Å²) < 4.78 is 0.930. The van der Waals surface area contributed by atoms with Crippen LogP contribution in [-0.4, -0.2) is 21.3 Å². The Bertz CT molecular complexity index is 509. The average Bonchev–Trinajstić information content (AvgIpc) is 2.81. The summed E-state index contributed by atoms with van der Waals surface area (Å²) in [7, 11) is 0. The maximum Gasteiger partial charge on any atom is 0.353 e. The van der Waals surface area contributed by atoms with Crippen LogP contribution in [0.15, 0.2) is 34.8 Å². The number of hydrogen-bond acceptors (Lipinski definition) is 2. The van der Waals surface area contributed by atoms with Crippen LogP contribution in [0.2, 0.25) is 0 Å². The molecule has 0 saturated carbocycles. The molecule has 0 amide bonds. The highest BCUT2D eigenvalue weighted by molar-refractivity contribution is 9.10. The topological polar surface area (TPSA) is 66.0 Å². The molecule has 0 radical (unpaired) electrons. The molecule has 5 heteroatoms. The fourth-order valence-electron chi connectivity index (χ4n) is 1.23. The summed E-state index contributed by atoms with van der Waals surface area (Å²) >= 11 is 3.34. The van der Waals surface area contributed by atoms with Gasteiger partial charge >= 0.3 is 5.97 Å². The van der Waals surface area contributed by atoms with Crippen LogP contribution in [-0.2, 0) is 0 Å². The van der Waals surface area contributed by atoms with E-state index >= 15 is 0 Å². The zero-order valence-electron chi connectivity index (χ0n) is 9.57. The number of halogens is 1. The SMILES string of the molecule is CC.O=C(O)c1cc(-c2cccc(Br)c2)n[nH]1. The minimum atomic E-state index is -1.01. The number of aromatic carboxylic acids is 1. The van der Waals surface area contributed by atoms with Crippen molar-refractivity contribution in [1.29, 1.82) is 0 Å². The molecule has 0 atom stereocenters. The largest absolute Gasteiger partial charge is 0.477 e. The Hall–Kier alpha value is -1.62. The first-order valence-corrected chi connectivity index (χ1v) is 6.01. The molecule has 2 aromatic rings. The first-order valence-electron chi connectivity index (χ1n) is 5.21. The van der Waals surface area contributed by atoms with Crippen LogP contribution in [0, 0.1) is 0 Å². The molecule has 0 aliphatic carbocycles. The summed E-state index contributed by atoms with van der Waals surface area (Å²) in [4.78, 5) is 10.6. The third kappa shape index (κ3) is 3.42. The third-order valence-corrected chi connectivity index (χ3v) is 2.42. The lowest BCUT2D eigenvalue weighted by Gasteiger charge is -1.95. The second-order valence-electron chi connectivity index (χ2n) is 2.98. The molecule has 2 N–H and O–H groups in total. The Balaban J connectivity index is 0.000000686. The van der Waals surface area contributed by atoms with Crippen molar-refractivity contribution in [3.05, 3.63) is 40.5 Å². The number of H-pyrrole nitrogens is 1. The summed E-state index contributed by atoms with van der Waals surface area (Å²) in [6, 6.07) is 9.02. The first kappa shape index (κ1) is 13.4. The van der Waals surface area contributed by atoms with Gasteiger partial charge < -0.3 is 5.11 Å². The van der Waals surface area contributed by atoms with Crippen molar-refractivity contribution in [2.45, 2.75) is 13.8 Å². The van der Waals surface area contributed by atoms with Crippen molar-refractivity contribution >= 4 is 21.9 Å². The molecule has 17 heavy (non-hydrogen) atoms. The van der Waals surface area contributed by atoms with Crippen LogP contribution in [0.25, 0.3) is 11.3 Å². The van der Waals surface area contributed by atoms with Crippen molar-refractivity contribution in [2.24, 2.45) is 0 Å². The van der Waals surface area contributed by atoms with Gasteiger partial charge in [0.2, 0.25) is 0 Å². The number of benzene rings is 1. The Morgan fingerprint density at radius 3 is 2.59 bits per heavy atom. The van der Waals surface area contributed by atoms with Gasteiger partial charge in [0.1, 0.15) is 5.69 Å². The van der Waals surface area contributed by atoms with E-state index in [1.807, 2.05) is 38.1 Å². The summed E-state index contributed by atoms with van der Waals surface area (Å²) in [5.74, 6) is -1.01. The standard InChI is InChI=1S/C10H7BrN2O2.C2H6/c11-7-3-1-2-6(4-7)8-5-9(10(14)15)13-12-8;1-2/h1-5H,(H,12,13)(H,14,15);1-2H3. The molecule has 0 fully saturated rings. The van der Waals surface area contributed by atoms with Crippen LogP contribution in [0.1, 0.15) is 24.3 Å². The Morgan fingerprint density at radius 1 is 1.35 bits per heavy atom. The summed E-state index contributed by atoms with van der Waals surface area (Å²) in [5.41, 5.74) is 1.58. The normalized spacial score (nSPS) is 9.35. The van der Waals surface area contributed by atoms with Crippen LogP contribution in [0.4, 0.5) is 0 Å². The highest BCUT2D eigenvalue weighted by Gasteiger charge is 2.08. The van der Waals surface area contributed by atoms with Gasteiger partial charge in [0.25, 0.3) is 0 Å². The van der Waals surface area contributed by atoms with Gasteiger partial charge in [-0.15, -0.1) is 0 Å². The maximum absolute atomic E-state index is 10.6. The van der Waals surface area contributed by atoms with E-state index in [9.17, 15) is 4.79 Å². The first-order chi connectivity index (χ1) is 8.16. The molecule has 1 aromatic carbocycles. The van der Waals surface area contributed by atoms with E-state index in [2.05, 4.69) is 26.1 Å². The van der Waals surface area contributed by atoms with E-state index in [1.165, 1.54) is 6.07 Å². The fourth-order valence-corrected chi connectivity index (χ4v) is 1.63. The van der Waals surface area contributed by atoms with Crippen molar-refractivity contribution in [3.63, 3.8) is 0 Å². The second kappa shape index (κ2) is 6.20. The van der Waals surface area contributed by atoms with E-state index in [-0.39, 0.29) is 5.69 Å². The van der Waals surface area contributed by atoms with Gasteiger partial charge in [-0.1, -0.05) is 41.9 Å². The highest BCUT2D eigenvalue weighted by Crippen LogP contribution is 2.21. The quantitative estimate of drug-likeness (QED) is 0.890. The van der Waals surface area contributed by atoms with E-state index in [1.54, 1.807) is 0 Å². The number of carbonyl (C=O) groups is 1. The van der Waals surface area contributed by atoms with Crippen LogP contribution in [0.3, 0.4) is 0 Å². The molecule has 0 aliphatic heterocycles. The lowest BCUT2D eigenvalue weighted by atomic mass is 10.1. The number of rotatable bonds is 2. The highest BCUT2D eigenvalue weighted by atomic mass is 79.9. The van der Waals surface area contributed by atoms with E-state index in [0.717, 1.165) is 10.0 Å². The molecule has 1 aromatic heterocycles. The predicted octanol–water partition coefficient (Wildman–Crippen LogP) is 3.56. The third-order valence-electron chi connectivity index (χ3n) is 1.93. The van der Waals surface area contributed by atoms with Gasteiger partial charge in [0, 0.05) is 10.0 Å². The molecule has 90 valence electrons. The Morgan fingerprint density at radius 2 is 2.06 bits per heavy atom. The zero-order chi connectivity index (χ0) is 12.8. The zero-order valence-corrected chi connectivity index (χ0v) is 11.2. The van der Waals surface area contributed by atoms with Gasteiger partial charge in [-0.25, -0.2) is 4.79 Å². The summed E-state index contributed by atoms with van der Waals surface area (Å²) in [6.07, 6.45) is 0. The lowest BCUT2D eigenvalue weighted by Crippen LogP contribution is -1.95. The van der Waals surface area contributed by atoms with Crippen molar-refractivity contribution in [1.82, 2.24) is 10.2 Å². The number of aromatic nitrogens is 2. The van der Waals surface area contributed by atoms with Crippen LogP contribution < -0.4 is 0 Å². The number of aromatic amines is 1. The van der Waals surface area contributed by atoms with Crippen molar-refractivity contribution < 1.29 is 9.90 Å². The van der Waals surface area contributed by atoms with E-state index in [4.69, 9.17) is 5.11 Å². The van der Waals surface area contributed by atoms with Crippen molar-refractivity contribution in [2.75, 3.05) is 0 Å². The molecule has 0 saturated heterocycles.